The number of halogens is 1. The summed E-state index contributed by atoms with van der Waals surface area (Å²) in [6.07, 6.45) is -0.358. The zero-order valence-electron chi connectivity index (χ0n) is 12.8. The van der Waals surface area contributed by atoms with Crippen LogP contribution in [0, 0.1) is 0 Å². The molecule has 1 atom stereocenters. The molecule has 3 aromatic carbocycles. The molecule has 0 aliphatic carbocycles. The van der Waals surface area contributed by atoms with Crippen LogP contribution in [0.4, 0.5) is 11.4 Å². The molecule has 0 aromatic heterocycles. The molecule has 0 bridgehead atoms. The van der Waals surface area contributed by atoms with Gasteiger partial charge in [-0.25, -0.2) is 0 Å². The third kappa shape index (κ3) is 2.43. The first kappa shape index (κ1) is 14.8. The van der Waals surface area contributed by atoms with Crippen molar-refractivity contribution in [3.8, 4) is 0 Å². The van der Waals surface area contributed by atoms with Crippen LogP contribution in [0.3, 0.4) is 0 Å². The molecule has 1 N–H and O–H groups in total. The van der Waals surface area contributed by atoms with Crippen LogP contribution in [0.25, 0.3) is 0 Å². The summed E-state index contributed by atoms with van der Waals surface area (Å²) in [6.45, 7) is 0. The summed E-state index contributed by atoms with van der Waals surface area (Å²) in [5.41, 5.74) is 3.17. The maximum Gasteiger partial charge on any atom is 0.262 e. The standard InChI is InChI=1S/C20H15ClN2O/c21-17-12-6-4-10-15(17)19-22-18-13-7-5-11-16(18)20(24)23(19)14-8-2-1-3-9-14/h1-13,19,22H. The van der Waals surface area contributed by atoms with Crippen LogP contribution in [0.2, 0.25) is 5.02 Å². The van der Waals surface area contributed by atoms with Crippen LogP contribution in [0.5, 0.6) is 0 Å². The lowest BCUT2D eigenvalue weighted by Crippen LogP contribution is -2.43. The number of amides is 1. The van der Waals surface area contributed by atoms with Crippen molar-refractivity contribution in [2.75, 3.05) is 10.2 Å². The Morgan fingerprint density at radius 2 is 1.50 bits per heavy atom. The van der Waals surface area contributed by atoms with Gasteiger partial charge in [0.1, 0.15) is 6.17 Å². The van der Waals surface area contributed by atoms with Crippen molar-refractivity contribution in [3.63, 3.8) is 0 Å². The lowest BCUT2D eigenvalue weighted by Gasteiger charge is -2.38. The Balaban J connectivity index is 1.90. The van der Waals surface area contributed by atoms with Gasteiger partial charge < -0.3 is 5.32 Å². The largest absolute Gasteiger partial charge is 0.360 e. The van der Waals surface area contributed by atoms with Crippen LogP contribution in [-0.2, 0) is 0 Å². The number of benzene rings is 3. The van der Waals surface area contributed by atoms with Crippen LogP contribution >= 0.6 is 11.6 Å². The van der Waals surface area contributed by atoms with Gasteiger partial charge in [0.2, 0.25) is 0 Å². The second kappa shape index (κ2) is 6.02. The Hall–Kier alpha value is -2.78. The summed E-state index contributed by atoms with van der Waals surface area (Å²) in [5.74, 6) is -0.0412. The van der Waals surface area contributed by atoms with Crippen molar-refractivity contribution in [1.82, 2.24) is 0 Å². The van der Waals surface area contributed by atoms with E-state index in [1.54, 1.807) is 4.90 Å². The van der Waals surface area contributed by atoms with Gasteiger partial charge in [-0.3, -0.25) is 9.69 Å². The number of hydrogen-bond donors (Lipinski definition) is 1. The molecule has 0 spiro atoms. The predicted molar refractivity (Wildman–Crippen MR) is 97.5 cm³/mol. The quantitative estimate of drug-likeness (QED) is 0.706. The zero-order valence-corrected chi connectivity index (χ0v) is 13.6. The summed E-state index contributed by atoms with van der Waals surface area (Å²) < 4.78 is 0. The molecule has 118 valence electrons. The molecule has 3 aromatic rings. The van der Waals surface area contributed by atoms with E-state index in [4.69, 9.17) is 11.6 Å². The molecule has 0 fully saturated rings. The molecule has 0 saturated heterocycles. The number of hydrogen-bond acceptors (Lipinski definition) is 2. The second-order valence-electron chi connectivity index (χ2n) is 5.62. The van der Waals surface area contributed by atoms with Gasteiger partial charge in [0.15, 0.2) is 0 Å². The van der Waals surface area contributed by atoms with E-state index < -0.39 is 0 Å². The van der Waals surface area contributed by atoms with Crippen molar-refractivity contribution in [3.05, 3.63) is 95.0 Å². The monoisotopic (exact) mass is 334 g/mol. The van der Waals surface area contributed by atoms with E-state index in [0.717, 1.165) is 16.9 Å². The molecule has 4 heteroatoms. The van der Waals surface area contributed by atoms with Gasteiger partial charge >= 0.3 is 0 Å². The lowest BCUT2D eigenvalue weighted by atomic mass is 10.0. The van der Waals surface area contributed by atoms with Crippen LogP contribution in [0.15, 0.2) is 78.9 Å². The van der Waals surface area contributed by atoms with Gasteiger partial charge in [0.25, 0.3) is 5.91 Å². The minimum Gasteiger partial charge on any atom is -0.360 e. The average molecular weight is 335 g/mol. The molecule has 0 saturated carbocycles. The normalized spacial score (nSPS) is 16.5. The Bertz CT molecular complexity index is 895. The topological polar surface area (TPSA) is 32.3 Å². The molecule has 24 heavy (non-hydrogen) atoms. The molecule has 1 unspecified atom stereocenters. The summed E-state index contributed by atoms with van der Waals surface area (Å²) in [5, 5.41) is 4.08. The average Bonchev–Trinajstić information content (AvgIpc) is 2.63. The predicted octanol–water partition coefficient (Wildman–Crippen LogP) is 5.11. The molecule has 1 aliphatic rings. The Morgan fingerprint density at radius 3 is 2.29 bits per heavy atom. The summed E-state index contributed by atoms with van der Waals surface area (Å²) in [6, 6.07) is 24.8. The number of nitrogens with zero attached hydrogens (tertiary/aromatic N) is 1. The fraction of sp³-hybridized carbons (Fsp3) is 0.0500. The molecule has 1 aliphatic heterocycles. The summed E-state index contributed by atoms with van der Waals surface area (Å²) in [4.78, 5) is 14.9. The van der Waals surface area contributed by atoms with Gasteiger partial charge in [0, 0.05) is 22.0 Å². The van der Waals surface area contributed by atoms with E-state index >= 15 is 0 Å². The van der Waals surface area contributed by atoms with Gasteiger partial charge in [-0.2, -0.15) is 0 Å². The number of carbonyl (C=O) groups excluding carboxylic acids is 1. The SMILES string of the molecule is O=C1c2ccccc2NC(c2ccccc2Cl)N1c1ccccc1. The highest BCUT2D eigenvalue weighted by Crippen LogP contribution is 2.38. The first-order chi connectivity index (χ1) is 11.8. The van der Waals surface area contributed by atoms with Crippen molar-refractivity contribution in [1.29, 1.82) is 0 Å². The van der Waals surface area contributed by atoms with E-state index in [0.29, 0.717) is 10.6 Å². The lowest BCUT2D eigenvalue weighted by molar-refractivity contribution is 0.0975. The van der Waals surface area contributed by atoms with E-state index in [1.165, 1.54) is 0 Å². The highest BCUT2D eigenvalue weighted by Gasteiger charge is 2.34. The molecule has 3 nitrogen and oxygen atoms in total. The molecular formula is C20H15ClN2O. The smallest absolute Gasteiger partial charge is 0.262 e. The number of fused-ring (bicyclic) bond motifs is 1. The maximum atomic E-state index is 13.2. The molecule has 4 rings (SSSR count). The highest BCUT2D eigenvalue weighted by molar-refractivity contribution is 6.31. The number of para-hydroxylation sites is 2. The fourth-order valence-corrected chi connectivity index (χ4v) is 3.26. The van der Waals surface area contributed by atoms with Crippen molar-refractivity contribution >= 4 is 28.9 Å². The van der Waals surface area contributed by atoms with Crippen LogP contribution in [-0.4, -0.2) is 5.91 Å². The van der Waals surface area contributed by atoms with Crippen LogP contribution in [0.1, 0.15) is 22.1 Å². The van der Waals surface area contributed by atoms with Crippen molar-refractivity contribution < 1.29 is 4.79 Å². The number of nitrogens with one attached hydrogen (secondary N) is 1. The van der Waals surface area contributed by atoms with Crippen LogP contribution < -0.4 is 10.2 Å². The van der Waals surface area contributed by atoms with Gasteiger partial charge in [-0.1, -0.05) is 60.1 Å². The first-order valence-corrected chi connectivity index (χ1v) is 8.12. The number of carbonyl (C=O) groups is 1. The van der Waals surface area contributed by atoms with E-state index in [9.17, 15) is 4.79 Å². The van der Waals surface area contributed by atoms with Gasteiger partial charge in [-0.05, 0) is 30.3 Å². The zero-order chi connectivity index (χ0) is 16.5. The first-order valence-electron chi connectivity index (χ1n) is 7.74. The van der Waals surface area contributed by atoms with Crippen molar-refractivity contribution in [2.45, 2.75) is 6.17 Å². The number of rotatable bonds is 2. The third-order valence-corrected chi connectivity index (χ3v) is 4.51. The minimum absolute atomic E-state index is 0.0412. The maximum absolute atomic E-state index is 13.2. The Morgan fingerprint density at radius 1 is 0.833 bits per heavy atom. The van der Waals surface area contributed by atoms with E-state index in [1.807, 2.05) is 78.9 Å². The second-order valence-corrected chi connectivity index (χ2v) is 6.03. The summed E-state index contributed by atoms with van der Waals surface area (Å²) in [7, 11) is 0. The molecule has 1 heterocycles. The molecule has 0 radical (unpaired) electrons. The van der Waals surface area contributed by atoms with E-state index in [2.05, 4.69) is 5.32 Å². The highest BCUT2D eigenvalue weighted by atomic mass is 35.5. The molecular weight excluding hydrogens is 320 g/mol. The minimum atomic E-state index is -0.358. The Labute approximate surface area is 145 Å². The summed E-state index contributed by atoms with van der Waals surface area (Å²) >= 11 is 6.41. The van der Waals surface area contributed by atoms with E-state index in [-0.39, 0.29) is 12.1 Å². The van der Waals surface area contributed by atoms with Gasteiger partial charge in [0.05, 0.1) is 5.56 Å². The Kier molecular flexibility index (Phi) is 3.71. The molecule has 1 amide bonds. The van der Waals surface area contributed by atoms with Gasteiger partial charge in [-0.15, -0.1) is 0 Å². The number of anilines is 2. The van der Waals surface area contributed by atoms with Crippen molar-refractivity contribution in [2.24, 2.45) is 0 Å². The fourth-order valence-electron chi connectivity index (χ4n) is 3.02. The third-order valence-electron chi connectivity index (χ3n) is 4.16.